The van der Waals surface area contributed by atoms with E-state index < -0.39 is 5.41 Å². The van der Waals surface area contributed by atoms with Crippen molar-refractivity contribution in [2.24, 2.45) is 0 Å². The summed E-state index contributed by atoms with van der Waals surface area (Å²) < 4.78 is 5.98. The molecule has 1 atom stereocenters. The molecule has 1 amide bonds. The number of likely N-dealkylation sites (tertiary alicyclic amines) is 1. The van der Waals surface area contributed by atoms with Crippen molar-refractivity contribution in [3.63, 3.8) is 0 Å². The van der Waals surface area contributed by atoms with E-state index in [2.05, 4.69) is 48.3 Å². The lowest BCUT2D eigenvalue weighted by Crippen LogP contribution is -2.42. The van der Waals surface area contributed by atoms with E-state index in [0.29, 0.717) is 12.6 Å². The van der Waals surface area contributed by atoms with Gasteiger partial charge in [0.1, 0.15) is 12.4 Å². The van der Waals surface area contributed by atoms with Crippen LogP contribution in [0.25, 0.3) is 0 Å². The fraction of sp³-hybridized carbons (Fsp3) is 0.536. The summed E-state index contributed by atoms with van der Waals surface area (Å²) in [6, 6.07) is 17.0. The minimum atomic E-state index is -0.424. The number of carbonyl (C=O) groups is 1. The van der Waals surface area contributed by atoms with Crippen LogP contribution in [-0.2, 0) is 10.2 Å². The van der Waals surface area contributed by atoms with Crippen LogP contribution in [0.5, 0.6) is 5.75 Å². The molecule has 4 nitrogen and oxygen atoms in total. The number of nitrogens with zero attached hydrogens (tertiary/aromatic N) is 1. The molecular formula is C28H38N2O2. The molecule has 0 radical (unpaired) electrons. The van der Waals surface area contributed by atoms with Gasteiger partial charge in [-0.1, -0.05) is 55.5 Å². The molecule has 172 valence electrons. The largest absolute Gasteiger partial charge is 0.492 e. The third-order valence-electron chi connectivity index (χ3n) is 7.45. The van der Waals surface area contributed by atoms with Crippen LogP contribution in [0.1, 0.15) is 69.4 Å². The Hall–Kier alpha value is -2.33. The van der Waals surface area contributed by atoms with Crippen molar-refractivity contribution in [2.45, 2.75) is 76.7 Å². The van der Waals surface area contributed by atoms with Crippen molar-refractivity contribution in [3.8, 4) is 5.75 Å². The van der Waals surface area contributed by atoms with Crippen LogP contribution in [0.3, 0.4) is 0 Å². The highest BCUT2D eigenvalue weighted by Gasteiger charge is 2.41. The van der Waals surface area contributed by atoms with Crippen molar-refractivity contribution in [1.82, 2.24) is 4.90 Å². The van der Waals surface area contributed by atoms with Gasteiger partial charge in [0.2, 0.25) is 5.91 Å². The number of benzene rings is 2. The number of anilines is 1. The van der Waals surface area contributed by atoms with E-state index in [1.807, 2.05) is 24.3 Å². The molecule has 1 aliphatic heterocycles. The SMILES string of the molecule is Cc1ccc(C2(C(=O)Nc3ccc(OCCN4CCCC[C@H]4C)cc3)CCCCC2)cc1. The predicted molar refractivity (Wildman–Crippen MR) is 131 cm³/mol. The van der Waals surface area contributed by atoms with E-state index in [1.54, 1.807) is 0 Å². The number of nitrogens with one attached hydrogen (secondary N) is 1. The van der Waals surface area contributed by atoms with Gasteiger partial charge in [0.15, 0.2) is 0 Å². The van der Waals surface area contributed by atoms with Crippen LogP contribution in [0.4, 0.5) is 5.69 Å². The Kier molecular flexibility index (Phi) is 7.51. The number of rotatable bonds is 7. The van der Waals surface area contributed by atoms with E-state index in [0.717, 1.165) is 49.2 Å². The zero-order chi connectivity index (χ0) is 22.4. The van der Waals surface area contributed by atoms with Gasteiger partial charge in [-0.15, -0.1) is 0 Å². The molecule has 1 aliphatic carbocycles. The maximum Gasteiger partial charge on any atom is 0.235 e. The van der Waals surface area contributed by atoms with Gasteiger partial charge in [-0.05, 0) is 75.9 Å². The Morgan fingerprint density at radius 2 is 1.72 bits per heavy atom. The smallest absolute Gasteiger partial charge is 0.235 e. The Balaban J connectivity index is 1.36. The number of ether oxygens (including phenoxy) is 1. The standard InChI is InChI=1S/C28H38N2O2/c1-22-9-11-24(12-10-22)28(17-5-3-6-18-28)27(31)29-25-13-15-26(16-14-25)32-21-20-30-19-7-4-8-23(30)2/h9-16,23H,3-8,17-21H2,1-2H3,(H,29,31)/t23-/m1/s1. The molecule has 2 fully saturated rings. The van der Waals surface area contributed by atoms with Gasteiger partial charge < -0.3 is 10.1 Å². The first-order valence-electron chi connectivity index (χ1n) is 12.4. The van der Waals surface area contributed by atoms with E-state index in [4.69, 9.17) is 4.74 Å². The lowest BCUT2D eigenvalue weighted by Gasteiger charge is -2.36. The maximum atomic E-state index is 13.5. The third kappa shape index (κ3) is 5.35. The topological polar surface area (TPSA) is 41.6 Å². The van der Waals surface area contributed by atoms with Crippen molar-refractivity contribution >= 4 is 11.6 Å². The summed E-state index contributed by atoms with van der Waals surface area (Å²) in [7, 11) is 0. The summed E-state index contributed by atoms with van der Waals surface area (Å²) in [5.74, 6) is 0.979. The Morgan fingerprint density at radius 3 is 2.41 bits per heavy atom. The van der Waals surface area contributed by atoms with Gasteiger partial charge in [0.05, 0.1) is 5.41 Å². The first-order chi connectivity index (χ1) is 15.6. The lowest BCUT2D eigenvalue weighted by atomic mass is 9.68. The molecule has 2 aromatic rings. The number of amides is 1. The quantitative estimate of drug-likeness (QED) is 0.573. The second-order valence-corrected chi connectivity index (χ2v) is 9.72. The Morgan fingerprint density at radius 1 is 1.00 bits per heavy atom. The molecule has 1 N–H and O–H groups in total. The van der Waals surface area contributed by atoms with Gasteiger partial charge in [-0.3, -0.25) is 9.69 Å². The molecule has 0 bridgehead atoms. The lowest BCUT2D eigenvalue weighted by molar-refractivity contribution is -0.122. The summed E-state index contributed by atoms with van der Waals surface area (Å²) in [5, 5.41) is 3.20. The first-order valence-corrected chi connectivity index (χ1v) is 12.4. The van der Waals surface area contributed by atoms with E-state index >= 15 is 0 Å². The summed E-state index contributed by atoms with van der Waals surface area (Å²) in [6.45, 7) is 7.25. The molecule has 1 saturated carbocycles. The highest BCUT2D eigenvalue weighted by molar-refractivity contribution is 5.99. The molecule has 4 heteroatoms. The van der Waals surface area contributed by atoms with Crippen LogP contribution < -0.4 is 10.1 Å². The molecule has 2 aliphatic rings. The minimum absolute atomic E-state index is 0.119. The summed E-state index contributed by atoms with van der Waals surface area (Å²) in [6.07, 6.45) is 9.17. The summed E-state index contributed by atoms with van der Waals surface area (Å²) in [4.78, 5) is 16.0. The molecule has 0 spiro atoms. The monoisotopic (exact) mass is 434 g/mol. The zero-order valence-corrected chi connectivity index (χ0v) is 19.7. The zero-order valence-electron chi connectivity index (χ0n) is 19.7. The van der Waals surface area contributed by atoms with Crippen LogP contribution in [-0.4, -0.2) is 36.5 Å². The molecule has 1 saturated heterocycles. The number of hydrogen-bond donors (Lipinski definition) is 1. The fourth-order valence-electron chi connectivity index (χ4n) is 5.33. The second-order valence-electron chi connectivity index (χ2n) is 9.72. The van der Waals surface area contributed by atoms with Gasteiger partial charge >= 0.3 is 0 Å². The molecular weight excluding hydrogens is 396 g/mol. The first kappa shape index (κ1) is 22.8. The molecule has 0 unspecified atom stereocenters. The maximum absolute atomic E-state index is 13.5. The van der Waals surface area contributed by atoms with Gasteiger partial charge in [-0.2, -0.15) is 0 Å². The number of piperidine rings is 1. The molecule has 4 rings (SSSR count). The second kappa shape index (κ2) is 10.5. The Bertz CT molecular complexity index is 869. The predicted octanol–water partition coefficient (Wildman–Crippen LogP) is 6.09. The van der Waals surface area contributed by atoms with E-state index in [1.165, 1.54) is 37.8 Å². The van der Waals surface area contributed by atoms with Crippen molar-refractivity contribution in [3.05, 3.63) is 59.7 Å². The van der Waals surface area contributed by atoms with E-state index in [9.17, 15) is 4.79 Å². The van der Waals surface area contributed by atoms with Crippen molar-refractivity contribution in [1.29, 1.82) is 0 Å². The van der Waals surface area contributed by atoms with Gasteiger partial charge in [-0.25, -0.2) is 0 Å². The van der Waals surface area contributed by atoms with Crippen LogP contribution in [0.2, 0.25) is 0 Å². The minimum Gasteiger partial charge on any atom is -0.492 e. The Labute approximate surface area is 193 Å². The van der Waals surface area contributed by atoms with Crippen LogP contribution in [0.15, 0.2) is 48.5 Å². The van der Waals surface area contributed by atoms with Crippen molar-refractivity contribution < 1.29 is 9.53 Å². The summed E-state index contributed by atoms with van der Waals surface area (Å²) in [5.41, 5.74) is 2.79. The van der Waals surface area contributed by atoms with Gasteiger partial charge in [0, 0.05) is 18.3 Å². The molecule has 1 heterocycles. The summed E-state index contributed by atoms with van der Waals surface area (Å²) >= 11 is 0. The number of aryl methyl sites for hydroxylation is 1. The normalized spacial score (nSPS) is 21.1. The van der Waals surface area contributed by atoms with Crippen LogP contribution in [0, 0.1) is 6.92 Å². The van der Waals surface area contributed by atoms with Gasteiger partial charge in [0.25, 0.3) is 0 Å². The highest BCUT2D eigenvalue weighted by Crippen LogP contribution is 2.40. The average Bonchev–Trinajstić information content (AvgIpc) is 2.82. The number of hydrogen-bond acceptors (Lipinski definition) is 3. The molecule has 2 aromatic carbocycles. The molecule has 0 aromatic heterocycles. The molecule has 32 heavy (non-hydrogen) atoms. The van der Waals surface area contributed by atoms with Crippen molar-refractivity contribution in [2.75, 3.05) is 25.0 Å². The highest BCUT2D eigenvalue weighted by atomic mass is 16.5. The number of carbonyl (C=O) groups excluding carboxylic acids is 1. The third-order valence-corrected chi connectivity index (χ3v) is 7.45. The van der Waals surface area contributed by atoms with E-state index in [-0.39, 0.29) is 5.91 Å². The average molecular weight is 435 g/mol. The van der Waals surface area contributed by atoms with Crippen LogP contribution >= 0.6 is 0 Å². The fourth-order valence-corrected chi connectivity index (χ4v) is 5.33.